The van der Waals surface area contributed by atoms with Crippen molar-refractivity contribution in [3.63, 3.8) is 0 Å². The number of nitrogens with one attached hydrogen (secondary N) is 1. The number of benzene rings is 2. The molecule has 37 heavy (non-hydrogen) atoms. The van der Waals surface area contributed by atoms with Crippen LogP contribution in [0.1, 0.15) is 22.8 Å². The van der Waals surface area contributed by atoms with Crippen LogP contribution in [0.15, 0.2) is 79.0 Å². The monoisotopic (exact) mass is 505 g/mol. The van der Waals surface area contributed by atoms with Gasteiger partial charge in [0.05, 0.1) is 13.2 Å². The largest absolute Gasteiger partial charge is 0.503 e. The quantitative estimate of drug-likeness (QED) is 0.379. The molecule has 1 fully saturated rings. The fourth-order valence-electron chi connectivity index (χ4n) is 3.62. The van der Waals surface area contributed by atoms with Gasteiger partial charge in [0, 0.05) is 38.1 Å². The van der Waals surface area contributed by atoms with Crippen LogP contribution < -0.4 is 10.2 Å². The van der Waals surface area contributed by atoms with Crippen molar-refractivity contribution in [2.45, 2.75) is 13.5 Å². The van der Waals surface area contributed by atoms with Crippen molar-refractivity contribution in [3.8, 4) is 0 Å². The van der Waals surface area contributed by atoms with E-state index in [2.05, 4.69) is 15.2 Å². The molecule has 3 N–H and O–H groups in total. The lowest BCUT2D eigenvalue weighted by atomic mass is 10.2. The van der Waals surface area contributed by atoms with E-state index < -0.39 is 6.16 Å². The summed E-state index contributed by atoms with van der Waals surface area (Å²) in [7, 11) is 0. The van der Waals surface area contributed by atoms with E-state index in [0.29, 0.717) is 43.6 Å². The molecule has 10 nitrogen and oxygen atoms in total. The first-order valence-corrected chi connectivity index (χ1v) is 11.9. The molecular formula is C27H31N5O5. The van der Waals surface area contributed by atoms with E-state index in [-0.39, 0.29) is 5.91 Å². The van der Waals surface area contributed by atoms with Gasteiger partial charge in [-0.15, -0.1) is 0 Å². The second-order valence-electron chi connectivity index (χ2n) is 8.05. The fourth-order valence-corrected chi connectivity index (χ4v) is 3.62. The molecule has 0 atom stereocenters. The number of rotatable bonds is 8. The molecule has 10 heteroatoms. The van der Waals surface area contributed by atoms with Crippen LogP contribution in [0.4, 0.5) is 22.2 Å². The summed E-state index contributed by atoms with van der Waals surface area (Å²) in [4.78, 5) is 35.4. The Bertz CT molecular complexity index is 1160. The minimum atomic E-state index is -1.83. The Morgan fingerprint density at radius 3 is 2.30 bits per heavy atom. The van der Waals surface area contributed by atoms with Crippen LogP contribution in [0.3, 0.4) is 0 Å². The van der Waals surface area contributed by atoms with Gasteiger partial charge in [-0.1, -0.05) is 60.7 Å². The van der Waals surface area contributed by atoms with E-state index in [0.717, 1.165) is 24.3 Å². The maximum absolute atomic E-state index is 13.7. The van der Waals surface area contributed by atoms with Crippen molar-refractivity contribution >= 4 is 29.5 Å². The summed E-state index contributed by atoms with van der Waals surface area (Å²) < 4.78 is 5.45. The smallest absolute Gasteiger partial charge is 0.450 e. The molecule has 0 saturated carbocycles. The van der Waals surface area contributed by atoms with Gasteiger partial charge in [-0.3, -0.25) is 4.79 Å². The fraction of sp³-hybridized carbons (Fsp3) is 0.259. The Labute approximate surface area is 215 Å². The average Bonchev–Trinajstić information content (AvgIpc) is 2.92. The first kappa shape index (κ1) is 27.2. The molecule has 1 aliphatic heterocycles. The number of morpholine rings is 1. The van der Waals surface area contributed by atoms with E-state index in [9.17, 15) is 4.79 Å². The van der Waals surface area contributed by atoms with Crippen molar-refractivity contribution in [3.05, 3.63) is 90.1 Å². The molecule has 194 valence electrons. The number of anilines is 3. The van der Waals surface area contributed by atoms with E-state index >= 15 is 0 Å². The van der Waals surface area contributed by atoms with Gasteiger partial charge in [-0.25, -0.2) is 9.78 Å². The molecule has 1 aromatic heterocycles. The van der Waals surface area contributed by atoms with Crippen LogP contribution in [0.2, 0.25) is 0 Å². The lowest BCUT2D eigenvalue weighted by molar-refractivity contribution is 0.0762. The number of carbonyl (C=O) groups is 2. The van der Waals surface area contributed by atoms with Crippen LogP contribution in [-0.2, 0) is 11.3 Å². The molecule has 3 aromatic rings. The summed E-state index contributed by atoms with van der Waals surface area (Å²) in [6, 6.07) is 19.7. The van der Waals surface area contributed by atoms with Gasteiger partial charge < -0.3 is 30.1 Å². The SMILES string of the molecule is C/C=C/CN(Cc1ccccc1)C(=O)c1cnc(N2CCOCC2)nc1Nc1ccccc1.O=C(O)O. The van der Waals surface area contributed by atoms with Crippen LogP contribution >= 0.6 is 0 Å². The molecule has 4 rings (SSSR count). The summed E-state index contributed by atoms with van der Waals surface area (Å²) in [5, 5.41) is 17.3. The average molecular weight is 506 g/mol. The van der Waals surface area contributed by atoms with E-state index in [4.69, 9.17) is 24.7 Å². The van der Waals surface area contributed by atoms with E-state index in [1.54, 1.807) is 11.1 Å². The minimum absolute atomic E-state index is 0.121. The number of carbonyl (C=O) groups excluding carboxylic acids is 1. The molecular weight excluding hydrogens is 474 g/mol. The molecule has 0 bridgehead atoms. The summed E-state index contributed by atoms with van der Waals surface area (Å²) in [6.07, 6.45) is 3.74. The van der Waals surface area contributed by atoms with Crippen LogP contribution in [0, 0.1) is 0 Å². The molecule has 2 heterocycles. The molecule has 0 aliphatic carbocycles. The molecule has 0 radical (unpaired) electrons. The highest BCUT2D eigenvalue weighted by Gasteiger charge is 2.23. The van der Waals surface area contributed by atoms with E-state index in [1.165, 1.54) is 0 Å². The third kappa shape index (κ3) is 8.62. The minimum Gasteiger partial charge on any atom is -0.450 e. The maximum Gasteiger partial charge on any atom is 0.503 e. The Kier molecular flexibility index (Phi) is 10.4. The van der Waals surface area contributed by atoms with Gasteiger partial charge in [-0.05, 0) is 24.6 Å². The normalized spacial score (nSPS) is 12.9. The van der Waals surface area contributed by atoms with Crippen molar-refractivity contribution < 1.29 is 24.5 Å². The van der Waals surface area contributed by atoms with E-state index in [1.807, 2.05) is 79.7 Å². The zero-order valence-corrected chi connectivity index (χ0v) is 20.7. The molecule has 1 aliphatic rings. The van der Waals surface area contributed by atoms with Crippen LogP contribution in [0.5, 0.6) is 0 Å². The summed E-state index contributed by atoms with van der Waals surface area (Å²) >= 11 is 0. The summed E-state index contributed by atoms with van der Waals surface area (Å²) in [6.45, 7) is 5.67. The number of aromatic nitrogens is 2. The predicted octanol–water partition coefficient (Wildman–Crippen LogP) is 4.50. The van der Waals surface area contributed by atoms with Gasteiger partial charge in [-0.2, -0.15) is 4.98 Å². The van der Waals surface area contributed by atoms with Crippen molar-refractivity contribution in [1.29, 1.82) is 0 Å². The Morgan fingerprint density at radius 2 is 1.68 bits per heavy atom. The second kappa shape index (κ2) is 14.2. The summed E-state index contributed by atoms with van der Waals surface area (Å²) in [5.74, 6) is 0.974. The predicted molar refractivity (Wildman–Crippen MR) is 141 cm³/mol. The standard InChI is InChI=1S/C26H29N5O2.CH2O3/c1-2-3-14-31(20-21-10-6-4-7-11-21)25(32)23-19-27-26(30-15-17-33-18-16-30)29-24(23)28-22-12-8-5-9-13-22;2-1(3)4/h2-13,19H,14-18,20H2,1H3,(H,27,28,29);(H2,2,3,4)/b3-2+;. The topological polar surface area (TPSA) is 128 Å². The summed E-state index contributed by atoms with van der Waals surface area (Å²) in [5.41, 5.74) is 2.37. The van der Waals surface area contributed by atoms with Gasteiger partial charge in [0.15, 0.2) is 0 Å². The number of amides is 1. The number of carboxylic acid groups (broad SMARTS) is 2. The molecule has 0 unspecified atom stereocenters. The molecule has 0 spiro atoms. The maximum atomic E-state index is 13.7. The van der Waals surface area contributed by atoms with Crippen molar-refractivity contribution in [2.75, 3.05) is 43.1 Å². The number of allylic oxidation sites excluding steroid dienone is 1. The van der Waals surface area contributed by atoms with Crippen LogP contribution in [-0.4, -0.2) is 70.0 Å². The third-order valence-corrected chi connectivity index (χ3v) is 5.40. The lowest BCUT2D eigenvalue weighted by Crippen LogP contribution is -2.37. The number of hydrogen-bond donors (Lipinski definition) is 3. The first-order valence-electron chi connectivity index (χ1n) is 11.9. The number of para-hydroxylation sites is 1. The van der Waals surface area contributed by atoms with Crippen molar-refractivity contribution in [1.82, 2.24) is 14.9 Å². The highest BCUT2D eigenvalue weighted by atomic mass is 16.6. The highest BCUT2D eigenvalue weighted by molar-refractivity contribution is 5.99. The third-order valence-electron chi connectivity index (χ3n) is 5.40. The van der Waals surface area contributed by atoms with Gasteiger partial charge >= 0.3 is 6.16 Å². The first-order chi connectivity index (χ1) is 18.0. The number of ether oxygens (including phenoxy) is 1. The Hall–Kier alpha value is -4.44. The van der Waals surface area contributed by atoms with Gasteiger partial charge in [0.25, 0.3) is 5.91 Å². The Balaban J connectivity index is 0.000000886. The lowest BCUT2D eigenvalue weighted by Gasteiger charge is -2.28. The zero-order valence-electron chi connectivity index (χ0n) is 20.7. The second-order valence-corrected chi connectivity index (χ2v) is 8.05. The molecule has 1 amide bonds. The Morgan fingerprint density at radius 1 is 1.05 bits per heavy atom. The highest BCUT2D eigenvalue weighted by Crippen LogP contribution is 2.23. The van der Waals surface area contributed by atoms with Crippen LogP contribution in [0.25, 0.3) is 0 Å². The number of nitrogens with zero attached hydrogens (tertiary/aromatic N) is 4. The molecule has 1 saturated heterocycles. The zero-order chi connectivity index (χ0) is 26.5. The number of hydrogen-bond acceptors (Lipinski definition) is 7. The van der Waals surface area contributed by atoms with Gasteiger partial charge in [0.2, 0.25) is 5.95 Å². The van der Waals surface area contributed by atoms with Crippen molar-refractivity contribution in [2.24, 2.45) is 0 Å². The molecule has 2 aromatic carbocycles. The van der Waals surface area contributed by atoms with Gasteiger partial charge in [0.1, 0.15) is 11.4 Å².